The van der Waals surface area contributed by atoms with Gasteiger partial charge < -0.3 is 9.64 Å². The molecule has 5 heterocycles. The number of pyridine rings is 3. The van der Waals surface area contributed by atoms with Gasteiger partial charge in [0.25, 0.3) is 5.56 Å². The second-order valence-corrected chi connectivity index (χ2v) is 8.71. The van der Waals surface area contributed by atoms with Crippen LogP contribution in [0.2, 0.25) is 0 Å². The van der Waals surface area contributed by atoms with Crippen LogP contribution in [0.25, 0.3) is 22.2 Å². The molecule has 186 valence electrons. The fraction of sp³-hybridized carbons (Fsp3) is 0.320. The molecule has 0 N–H and O–H groups in total. The van der Waals surface area contributed by atoms with Crippen molar-refractivity contribution in [3.05, 3.63) is 75.9 Å². The molecule has 0 aliphatic carbocycles. The van der Waals surface area contributed by atoms with Crippen LogP contribution in [0.1, 0.15) is 28.9 Å². The molecule has 0 saturated carbocycles. The fourth-order valence-electron chi connectivity index (χ4n) is 4.26. The first-order valence-electron chi connectivity index (χ1n) is 11.3. The third kappa shape index (κ3) is 4.41. The van der Waals surface area contributed by atoms with E-state index in [0.29, 0.717) is 53.5 Å². The molecule has 8 nitrogen and oxygen atoms in total. The highest BCUT2D eigenvalue weighted by atomic mass is 19.4. The number of anilines is 1. The molecule has 1 fully saturated rings. The van der Waals surface area contributed by atoms with Gasteiger partial charge in [0.2, 0.25) is 0 Å². The van der Waals surface area contributed by atoms with Crippen LogP contribution in [0.15, 0.2) is 47.5 Å². The lowest BCUT2D eigenvalue weighted by Crippen LogP contribution is -2.39. The number of nitrogens with zero attached hydrogens (tertiary/aromatic N) is 6. The highest BCUT2D eigenvalue weighted by molar-refractivity contribution is 5.92. The lowest BCUT2D eigenvalue weighted by Gasteiger charge is -2.34. The normalized spacial score (nSPS) is 16.5. The van der Waals surface area contributed by atoms with Gasteiger partial charge in [-0.15, -0.1) is 0 Å². The molecule has 0 spiro atoms. The third-order valence-electron chi connectivity index (χ3n) is 6.28. The van der Waals surface area contributed by atoms with Gasteiger partial charge >= 0.3 is 6.18 Å². The zero-order chi connectivity index (χ0) is 25.6. The Hall–Kier alpha value is -3.86. The number of halogens is 3. The van der Waals surface area contributed by atoms with E-state index in [0.717, 1.165) is 23.5 Å². The molecular formula is C25H23F3N6O2. The number of alkyl halides is 3. The van der Waals surface area contributed by atoms with Crippen molar-refractivity contribution >= 4 is 16.7 Å². The number of hydrogen-bond acceptors (Lipinski definition) is 7. The van der Waals surface area contributed by atoms with Crippen LogP contribution in [0, 0.1) is 13.8 Å². The van der Waals surface area contributed by atoms with E-state index in [4.69, 9.17) is 9.72 Å². The Morgan fingerprint density at radius 1 is 1.08 bits per heavy atom. The van der Waals surface area contributed by atoms with Crippen LogP contribution in [-0.2, 0) is 18.0 Å². The predicted octanol–water partition coefficient (Wildman–Crippen LogP) is 4.00. The van der Waals surface area contributed by atoms with Gasteiger partial charge in [-0.3, -0.25) is 19.3 Å². The van der Waals surface area contributed by atoms with E-state index in [1.54, 1.807) is 26.2 Å². The Morgan fingerprint density at radius 3 is 2.58 bits per heavy atom. The molecule has 0 aromatic carbocycles. The van der Waals surface area contributed by atoms with Gasteiger partial charge in [0, 0.05) is 43.8 Å². The summed E-state index contributed by atoms with van der Waals surface area (Å²) in [5, 5.41) is 0.325. The summed E-state index contributed by atoms with van der Waals surface area (Å²) in [6.45, 7) is 5.04. The van der Waals surface area contributed by atoms with Crippen LogP contribution in [0.5, 0.6) is 0 Å². The van der Waals surface area contributed by atoms with Crippen molar-refractivity contribution in [3.63, 3.8) is 0 Å². The standard InChI is InChI=1S/C25H23F3N6O2/c1-14-10-16(6-7-29-14)19-13-34(8-9-36-19)21-11-18-23(31-15(2)33(3)24(18)35)22(32-21)17-4-5-20(30-12-17)25(26,27)28/h4-7,10-12,19H,8-9,13H2,1-3H3/t19-/m1/s1. The Morgan fingerprint density at radius 2 is 1.89 bits per heavy atom. The minimum absolute atomic E-state index is 0.229. The van der Waals surface area contributed by atoms with Gasteiger partial charge in [0.05, 0.1) is 12.0 Å². The number of fused-ring (bicyclic) bond motifs is 1. The van der Waals surface area contributed by atoms with Gasteiger partial charge in [-0.05, 0) is 49.7 Å². The largest absolute Gasteiger partial charge is 0.433 e. The van der Waals surface area contributed by atoms with Crippen molar-refractivity contribution in [1.29, 1.82) is 0 Å². The summed E-state index contributed by atoms with van der Waals surface area (Å²) >= 11 is 0. The van der Waals surface area contributed by atoms with E-state index in [9.17, 15) is 18.0 Å². The average Bonchev–Trinajstić information content (AvgIpc) is 2.87. The summed E-state index contributed by atoms with van der Waals surface area (Å²) in [6, 6.07) is 7.75. The highest BCUT2D eigenvalue weighted by Crippen LogP contribution is 2.33. The SMILES string of the molecule is Cc1cc([C@H]2CN(c3cc4c(=O)n(C)c(C)nc4c(-c4ccc(C(F)(F)F)nc4)n3)CCO2)ccn1. The molecule has 1 saturated heterocycles. The molecule has 11 heteroatoms. The van der Waals surface area contributed by atoms with Crippen molar-refractivity contribution < 1.29 is 17.9 Å². The molecule has 0 bridgehead atoms. The number of morpholine rings is 1. The second kappa shape index (κ2) is 8.98. The number of aryl methyl sites for hydroxylation is 2. The molecule has 0 amide bonds. The van der Waals surface area contributed by atoms with Crippen molar-refractivity contribution in [2.45, 2.75) is 26.1 Å². The third-order valence-corrected chi connectivity index (χ3v) is 6.28. The van der Waals surface area contributed by atoms with E-state index in [2.05, 4.69) is 15.0 Å². The van der Waals surface area contributed by atoms with E-state index < -0.39 is 11.9 Å². The van der Waals surface area contributed by atoms with E-state index in [1.807, 2.05) is 24.0 Å². The topological polar surface area (TPSA) is 86.0 Å². The Bertz CT molecular complexity index is 1500. The zero-order valence-electron chi connectivity index (χ0n) is 19.9. The molecule has 0 unspecified atom stereocenters. The summed E-state index contributed by atoms with van der Waals surface area (Å²) in [7, 11) is 1.63. The monoisotopic (exact) mass is 496 g/mol. The Labute approximate surface area is 204 Å². The maximum Gasteiger partial charge on any atom is 0.433 e. The maximum atomic E-state index is 13.2. The molecule has 1 aliphatic rings. The smallest absolute Gasteiger partial charge is 0.370 e. The Kier molecular flexibility index (Phi) is 5.95. The van der Waals surface area contributed by atoms with Gasteiger partial charge in [0.1, 0.15) is 34.7 Å². The van der Waals surface area contributed by atoms with Crippen LogP contribution in [0.3, 0.4) is 0 Å². The van der Waals surface area contributed by atoms with E-state index in [-0.39, 0.29) is 11.7 Å². The summed E-state index contributed by atoms with van der Waals surface area (Å²) in [6.07, 6.45) is -1.94. The first-order chi connectivity index (χ1) is 17.1. The van der Waals surface area contributed by atoms with Crippen molar-refractivity contribution in [2.75, 3.05) is 24.6 Å². The molecule has 1 aliphatic heterocycles. The predicted molar refractivity (Wildman–Crippen MR) is 128 cm³/mol. The van der Waals surface area contributed by atoms with Crippen LogP contribution >= 0.6 is 0 Å². The summed E-state index contributed by atoms with van der Waals surface area (Å²) in [5.74, 6) is 0.974. The summed E-state index contributed by atoms with van der Waals surface area (Å²) < 4.78 is 46.6. The van der Waals surface area contributed by atoms with Crippen molar-refractivity contribution in [2.24, 2.45) is 7.05 Å². The first-order valence-corrected chi connectivity index (χ1v) is 11.3. The van der Waals surface area contributed by atoms with E-state index >= 15 is 0 Å². The Balaban J connectivity index is 1.62. The molecule has 4 aromatic rings. The zero-order valence-corrected chi connectivity index (χ0v) is 19.9. The van der Waals surface area contributed by atoms with Crippen molar-refractivity contribution in [3.8, 4) is 11.3 Å². The molecule has 5 rings (SSSR count). The number of hydrogen-bond donors (Lipinski definition) is 0. The highest BCUT2D eigenvalue weighted by Gasteiger charge is 2.32. The first kappa shape index (κ1) is 23.9. The fourth-order valence-corrected chi connectivity index (χ4v) is 4.26. The lowest BCUT2D eigenvalue weighted by molar-refractivity contribution is -0.141. The lowest BCUT2D eigenvalue weighted by atomic mass is 10.1. The van der Waals surface area contributed by atoms with Crippen LogP contribution in [0.4, 0.5) is 19.0 Å². The number of rotatable bonds is 3. The second-order valence-electron chi connectivity index (χ2n) is 8.71. The van der Waals surface area contributed by atoms with Crippen LogP contribution < -0.4 is 10.5 Å². The number of ether oxygens (including phenoxy) is 1. The maximum absolute atomic E-state index is 13.2. The molecule has 0 radical (unpaired) electrons. The van der Waals surface area contributed by atoms with Gasteiger partial charge in [0.15, 0.2) is 0 Å². The van der Waals surface area contributed by atoms with Crippen LogP contribution in [-0.4, -0.2) is 44.2 Å². The number of aromatic nitrogens is 5. The minimum Gasteiger partial charge on any atom is -0.370 e. The average molecular weight is 496 g/mol. The van der Waals surface area contributed by atoms with Gasteiger partial charge in [-0.2, -0.15) is 13.2 Å². The van der Waals surface area contributed by atoms with Gasteiger partial charge in [-0.1, -0.05) is 0 Å². The summed E-state index contributed by atoms with van der Waals surface area (Å²) in [5.41, 5.74) is 1.53. The molecule has 4 aromatic heterocycles. The molecule has 36 heavy (non-hydrogen) atoms. The van der Waals surface area contributed by atoms with E-state index in [1.165, 1.54) is 10.6 Å². The summed E-state index contributed by atoms with van der Waals surface area (Å²) in [4.78, 5) is 32.3. The molecular weight excluding hydrogens is 473 g/mol. The minimum atomic E-state index is -4.56. The van der Waals surface area contributed by atoms with Gasteiger partial charge in [-0.25, -0.2) is 9.97 Å². The quantitative estimate of drug-likeness (QED) is 0.424. The molecule has 1 atom stereocenters. The van der Waals surface area contributed by atoms with Crippen molar-refractivity contribution in [1.82, 2.24) is 24.5 Å².